The molecular weight excluding hydrogens is 278 g/mol. The van der Waals surface area contributed by atoms with Crippen molar-refractivity contribution in [1.29, 1.82) is 0 Å². The van der Waals surface area contributed by atoms with Gasteiger partial charge in [0, 0.05) is 31.3 Å². The van der Waals surface area contributed by atoms with E-state index in [-0.39, 0.29) is 17.7 Å². The number of aromatic nitrogens is 1. The van der Waals surface area contributed by atoms with Crippen LogP contribution < -0.4 is 5.73 Å². The third-order valence-electron chi connectivity index (χ3n) is 3.79. The summed E-state index contributed by atoms with van der Waals surface area (Å²) in [5.74, 6) is 0.476. The third-order valence-corrected chi connectivity index (χ3v) is 3.79. The minimum Gasteiger partial charge on any atom is -0.350 e. The normalized spacial score (nSPS) is 12.4. The number of carbonyl (C=O) groups is 1. The summed E-state index contributed by atoms with van der Waals surface area (Å²) in [5.41, 5.74) is 7.60. The van der Waals surface area contributed by atoms with Crippen molar-refractivity contribution in [3.63, 3.8) is 0 Å². The Morgan fingerprint density at radius 1 is 1.32 bits per heavy atom. The first-order valence-corrected chi connectivity index (χ1v) is 7.52. The molecule has 1 aromatic heterocycles. The zero-order valence-corrected chi connectivity index (χ0v) is 13.3. The van der Waals surface area contributed by atoms with E-state index in [4.69, 9.17) is 10.3 Å². The zero-order valence-electron chi connectivity index (χ0n) is 13.3. The van der Waals surface area contributed by atoms with Crippen molar-refractivity contribution in [3.8, 4) is 11.3 Å². The van der Waals surface area contributed by atoms with Crippen LogP contribution >= 0.6 is 0 Å². The summed E-state index contributed by atoms with van der Waals surface area (Å²) in [6, 6.07) is 11.4. The quantitative estimate of drug-likeness (QED) is 0.890. The van der Waals surface area contributed by atoms with E-state index in [1.54, 1.807) is 18.0 Å². The standard InChI is InChI=1S/C17H23N3O2/c1-12(2)14(18)9-10-20(3)17(21)16-11-15(19-22-16)13-7-5-4-6-8-13/h4-8,11-12,14H,9-10,18H2,1-3H3. The minimum absolute atomic E-state index is 0.0878. The van der Waals surface area contributed by atoms with Crippen molar-refractivity contribution in [2.75, 3.05) is 13.6 Å². The van der Waals surface area contributed by atoms with Gasteiger partial charge in [0.15, 0.2) is 0 Å². The van der Waals surface area contributed by atoms with Gasteiger partial charge in [0.05, 0.1) is 0 Å². The summed E-state index contributed by atoms with van der Waals surface area (Å²) in [6.07, 6.45) is 0.763. The molecule has 118 valence electrons. The molecule has 0 aliphatic carbocycles. The van der Waals surface area contributed by atoms with Gasteiger partial charge >= 0.3 is 0 Å². The van der Waals surface area contributed by atoms with Gasteiger partial charge in [0.1, 0.15) is 5.69 Å². The van der Waals surface area contributed by atoms with Crippen LogP contribution in [0.15, 0.2) is 40.9 Å². The van der Waals surface area contributed by atoms with Crippen LogP contribution in [0.25, 0.3) is 11.3 Å². The Kier molecular flexibility index (Phi) is 5.33. The molecule has 2 rings (SSSR count). The van der Waals surface area contributed by atoms with Gasteiger partial charge in [-0.3, -0.25) is 4.79 Å². The lowest BCUT2D eigenvalue weighted by Crippen LogP contribution is -2.34. The molecule has 0 bridgehead atoms. The molecule has 0 aliphatic rings. The molecule has 0 fully saturated rings. The molecule has 0 saturated carbocycles. The van der Waals surface area contributed by atoms with Crippen molar-refractivity contribution in [1.82, 2.24) is 10.1 Å². The topological polar surface area (TPSA) is 72.4 Å². The molecule has 22 heavy (non-hydrogen) atoms. The maximum atomic E-state index is 12.3. The average Bonchev–Trinajstić information content (AvgIpc) is 3.02. The second-order valence-corrected chi connectivity index (χ2v) is 5.87. The molecule has 5 heteroatoms. The van der Waals surface area contributed by atoms with Crippen LogP contribution in [0.5, 0.6) is 0 Å². The lowest BCUT2D eigenvalue weighted by Gasteiger charge is -2.20. The Hall–Kier alpha value is -2.14. The predicted molar refractivity (Wildman–Crippen MR) is 86.3 cm³/mol. The molecule has 0 aliphatic heterocycles. The van der Waals surface area contributed by atoms with Crippen LogP contribution in [-0.2, 0) is 0 Å². The van der Waals surface area contributed by atoms with Gasteiger partial charge in [-0.25, -0.2) is 0 Å². The van der Waals surface area contributed by atoms with E-state index in [1.165, 1.54) is 0 Å². The molecule has 0 radical (unpaired) electrons. The minimum atomic E-state index is -0.175. The Balaban J connectivity index is 2.00. The fraction of sp³-hybridized carbons (Fsp3) is 0.412. The van der Waals surface area contributed by atoms with Gasteiger partial charge < -0.3 is 15.2 Å². The van der Waals surface area contributed by atoms with Crippen LogP contribution in [0.2, 0.25) is 0 Å². The van der Waals surface area contributed by atoms with Crippen LogP contribution in [0.3, 0.4) is 0 Å². The molecule has 1 amide bonds. The summed E-state index contributed by atoms with van der Waals surface area (Å²) < 4.78 is 5.18. The van der Waals surface area contributed by atoms with Crippen molar-refractivity contribution in [2.24, 2.45) is 11.7 Å². The van der Waals surface area contributed by atoms with E-state index in [9.17, 15) is 4.79 Å². The molecule has 2 aromatic rings. The Morgan fingerprint density at radius 3 is 2.64 bits per heavy atom. The van der Waals surface area contributed by atoms with Crippen LogP contribution in [-0.4, -0.2) is 35.6 Å². The number of nitrogens with two attached hydrogens (primary N) is 1. The van der Waals surface area contributed by atoms with Crippen molar-refractivity contribution in [2.45, 2.75) is 26.3 Å². The van der Waals surface area contributed by atoms with E-state index in [2.05, 4.69) is 19.0 Å². The van der Waals surface area contributed by atoms with E-state index >= 15 is 0 Å². The van der Waals surface area contributed by atoms with Crippen LogP contribution in [0.4, 0.5) is 0 Å². The Bertz CT molecular complexity index is 607. The van der Waals surface area contributed by atoms with Gasteiger partial charge in [0.25, 0.3) is 5.91 Å². The van der Waals surface area contributed by atoms with Crippen molar-refractivity contribution < 1.29 is 9.32 Å². The second kappa shape index (κ2) is 7.22. The predicted octanol–water partition coefficient (Wildman–Crippen LogP) is 2.79. The number of carbonyl (C=O) groups excluding carboxylic acids is 1. The van der Waals surface area contributed by atoms with E-state index < -0.39 is 0 Å². The lowest BCUT2D eigenvalue weighted by molar-refractivity contribution is 0.0748. The first-order valence-electron chi connectivity index (χ1n) is 7.52. The number of rotatable bonds is 6. The Morgan fingerprint density at radius 2 is 2.00 bits per heavy atom. The molecule has 1 atom stereocenters. The number of hydrogen-bond acceptors (Lipinski definition) is 4. The largest absolute Gasteiger partial charge is 0.350 e. The summed E-state index contributed by atoms with van der Waals surface area (Å²) in [5, 5.41) is 3.97. The molecule has 0 spiro atoms. The zero-order chi connectivity index (χ0) is 16.1. The highest BCUT2D eigenvalue weighted by molar-refractivity contribution is 5.92. The van der Waals surface area contributed by atoms with Crippen molar-refractivity contribution >= 4 is 5.91 Å². The number of amides is 1. The molecule has 0 saturated heterocycles. The molecular formula is C17H23N3O2. The highest BCUT2D eigenvalue weighted by Gasteiger charge is 2.19. The fourth-order valence-corrected chi connectivity index (χ4v) is 2.09. The SMILES string of the molecule is CC(C)C(N)CCN(C)C(=O)c1cc(-c2ccccc2)no1. The van der Waals surface area contributed by atoms with Gasteiger partial charge in [-0.1, -0.05) is 49.3 Å². The Labute approximate surface area is 131 Å². The molecule has 1 unspecified atom stereocenters. The maximum absolute atomic E-state index is 12.3. The fourth-order valence-electron chi connectivity index (χ4n) is 2.09. The van der Waals surface area contributed by atoms with Crippen LogP contribution in [0, 0.1) is 5.92 Å². The lowest BCUT2D eigenvalue weighted by atomic mass is 10.0. The highest BCUT2D eigenvalue weighted by Crippen LogP contribution is 2.19. The van der Waals surface area contributed by atoms with Gasteiger partial charge in [-0.05, 0) is 12.3 Å². The van der Waals surface area contributed by atoms with E-state index in [1.807, 2.05) is 30.3 Å². The van der Waals surface area contributed by atoms with Gasteiger partial charge in [0.2, 0.25) is 5.76 Å². The summed E-state index contributed by atoms with van der Waals surface area (Å²) in [4.78, 5) is 13.9. The molecule has 5 nitrogen and oxygen atoms in total. The molecule has 1 aromatic carbocycles. The molecule has 2 N–H and O–H groups in total. The second-order valence-electron chi connectivity index (χ2n) is 5.87. The summed E-state index contributed by atoms with van der Waals surface area (Å²) in [6.45, 7) is 4.75. The monoisotopic (exact) mass is 301 g/mol. The van der Waals surface area contributed by atoms with Gasteiger partial charge in [-0.15, -0.1) is 0 Å². The smallest absolute Gasteiger partial charge is 0.292 e. The van der Waals surface area contributed by atoms with Gasteiger partial charge in [-0.2, -0.15) is 0 Å². The van der Waals surface area contributed by atoms with Crippen LogP contribution in [0.1, 0.15) is 30.8 Å². The number of hydrogen-bond donors (Lipinski definition) is 1. The highest BCUT2D eigenvalue weighted by atomic mass is 16.5. The third kappa shape index (κ3) is 3.95. The van der Waals surface area contributed by atoms with Crippen molar-refractivity contribution in [3.05, 3.63) is 42.2 Å². The number of nitrogens with zero attached hydrogens (tertiary/aromatic N) is 2. The maximum Gasteiger partial charge on any atom is 0.292 e. The van der Waals surface area contributed by atoms with E-state index in [0.29, 0.717) is 18.2 Å². The van der Waals surface area contributed by atoms with E-state index in [0.717, 1.165) is 12.0 Å². The average molecular weight is 301 g/mol. The summed E-state index contributed by atoms with van der Waals surface area (Å²) >= 11 is 0. The summed E-state index contributed by atoms with van der Waals surface area (Å²) in [7, 11) is 1.75. The first kappa shape index (κ1) is 16.2. The first-order chi connectivity index (χ1) is 10.5. The molecule has 1 heterocycles. The number of benzene rings is 1.